The van der Waals surface area contributed by atoms with E-state index in [0.29, 0.717) is 6.42 Å². The van der Waals surface area contributed by atoms with E-state index in [0.717, 1.165) is 5.56 Å². The molecule has 0 atom stereocenters. The quantitative estimate of drug-likeness (QED) is 0.729. The summed E-state index contributed by atoms with van der Waals surface area (Å²) in [4.78, 5) is 13.9. The number of aliphatic hydroxyl groups is 1. The van der Waals surface area contributed by atoms with Gasteiger partial charge in [0.25, 0.3) is 5.56 Å². The minimum atomic E-state index is -0.228. The molecule has 0 aliphatic carbocycles. The van der Waals surface area contributed by atoms with Gasteiger partial charge < -0.3 is 10.1 Å². The van der Waals surface area contributed by atoms with E-state index in [2.05, 4.69) is 4.98 Å². The summed E-state index contributed by atoms with van der Waals surface area (Å²) < 4.78 is 0. The van der Waals surface area contributed by atoms with Crippen LogP contribution in [0.15, 0.2) is 23.1 Å². The zero-order valence-corrected chi connectivity index (χ0v) is 8.00. The number of H-pyrrole nitrogens is 1. The van der Waals surface area contributed by atoms with Gasteiger partial charge in [0.2, 0.25) is 0 Å². The lowest BCUT2D eigenvalue weighted by atomic mass is 9.87. The van der Waals surface area contributed by atoms with Crippen LogP contribution in [0.4, 0.5) is 0 Å². The van der Waals surface area contributed by atoms with Crippen molar-refractivity contribution in [2.75, 3.05) is 6.61 Å². The second-order valence-electron chi connectivity index (χ2n) is 4.02. The molecule has 1 aromatic rings. The highest BCUT2D eigenvalue weighted by atomic mass is 16.3. The van der Waals surface area contributed by atoms with Gasteiger partial charge >= 0.3 is 0 Å². The molecule has 0 aromatic carbocycles. The Kier molecular flexibility index (Phi) is 2.88. The lowest BCUT2D eigenvalue weighted by Crippen LogP contribution is -2.24. The first-order valence-electron chi connectivity index (χ1n) is 4.33. The van der Waals surface area contributed by atoms with E-state index in [1.165, 1.54) is 0 Å². The molecular formula is C10H15NO2. The van der Waals surface area contributed by atoms with Gasteiger partial charge in [0.15, 0.2) is 0 Å². The first-order chi connectivity index (χ1) is 6.05. The van der Waals surface area contributed by atoms with Crippen LogP contribution in [0.5, 0.6) is 0 Å². The maximum atomic E-state index is 11.3. The zero-order chi connectivity index (χ0) is 9.90. The third kappa shape index (κ3) is 2.70. The van der Waals surface area contributed by atoms with Crippen molar-refractivity contribution in [3.63, 3.8) is 0 Å². The Hall–Kier alpha value is -1.09. The second-order valence-corrected chi connectivity index (χ2v) is 4.02. The van der Waals surface area contributed by atoms with Crippen molar-refractivity contribution in [2.45, 2.75) is 20.3 Å². The maximum Gasteiger partial charge on any atom is 0.251 e. The molecule has 1 aromatic heterocycles. The highest BCUT2D eigenvalue weighted by Gasteiger charge is 2.18. The Labute approximate surface area is 77.4 Å². The van der Waals surface area contributed by atoms with Gasteiger partial charge in [-0.2, -0.15) is 0 Å². The van der Waals surface area contributed by atoms with E-state index < -0.39 is 0 Å². The molecule has 0 amide bonds. The average molecular weight is 181 g/mol. The predicted molar refractivity (Wildman–Crippen MR) is 51.6 cm³/mol. The summed E-state index contributed by atoms with van der Waals surface area (Å²) in [7, 11) is 0. The van der Waals surface area contributed by atoms with Crippen molar-refractivity contribution in [2.24, 2.45) is 5.41 Å². The first-order valence-corrected chi connectivity index (χ1v) is 4.33. The van der Waals surface area contributed by atoms with E-state index in [9.17, 15) is 4.79 Å². The molecule has 0 radical (unpaired) electrons. The fourth-order valence-electron chi connectivity index (χ4n) is 1.17. The van der Waals surface area contributed by atoms with Crippen molar-refractivity contribution >= 4 is 0 Å². The summed E-state index contributed by atoms with van der Waals surface area (Å²) in [5.41, 5.74) is 0.430. The molecule has 0 aliphatic heterocycles. The largest absolute Gasteiger partial charge is 0.396 e. The summed E-state index contributed by atoms with van der Waals surface area (Å²) in [6.45, 7) is 3.94. The van der Waals surface area contributed by atoms with Crippen LogP contribution in [0.3, 0.4) is 0 Å². The molecule has 0 fully saturated rings. The standard InChI is InChI=1S/C10H15NO2/c1-10(2,7-12)6-8-4-3-5-11-9(8)13/h3-5,12H,6-7H2,1-2H3,(H,11,13). The summed E-state index contributed by atoms with van der Waals surface area (Å²) in [5.74, 6) is 0. The summed E-state index contributed by atoms with van der Waals surface area (Å²) >= 11 is 0. The highest BCUT2D eigenvalue weighted by molar-refractivity contribution is 5.10. The third-order valence-electron chi connectivity index (χ3n) is 2.00. The van der Waals surface area contributed by atoms with Gasteiger partial charge in [0.05, 0.1) is 0 Å². The minimum Gasteiger partial charge on any atom is -0.396 e. The number of rotatable bonds is 3. The number of pyridine rings is 1. The van der Waals surface area contributed by atoms with Crippen LogP contribution in [-0.2, 0) is 6.42 Å². The molecule has 1 heterocycles. The van der Waals surface area contributed by atoms with E-state index >= 15 is 0 Å². The average Bonchev–Trinajstić information content (AvgIpc) is 2.09. The van der Waals surface area contributed by atoms with Crippen LogP contribution in [-0.4, -0.2) is 16.7 Å². The zero-order valence-electron chi connectivity index (χ0n) is 8.00. The Morgan fingerprint density at radius 3 is 2.77 bits per heavy atom. The van der Waals surface area contributed by atoms with Crippen molar-refractivity contribution in [3.05, 3.63) is 34.2 Å². The van der Waals surface area contributed by atoms with Crippen molar-refractivity contribution in [1.29, 1.82) is 0 Å². The number of aliphatic hydroxyl groups excluding tert-OH is 1. The number of nitrogens with one attached hydrogen (secondary N) is 1. The number of aromatic nitrogens is 1. The van der Waals surface area contributed by atoms with Gasteiger partial charge in [-0.05, 0) is 17.9 Å². The Morgan fingerprint density at radius 2 is 2.23 bits per heavy atom. The fraction of sp³-hybridized carbons (Fsp3) is 0.500. The van der Waals surface area contributed by atoms with Gasteiger partial charge in [0, 0.05) is 18.4 Å². The van der Waals surface area contributed by atoms with Crippen LogP contribution in [0.2, 0.25) is 0 Å². The molecule has 0 unspecified atom stereocenters. The minimum absolute atomic E-state index is 0.0657. The van der Waals surface area contributed by atoms with Gasteiger partial charge in [-0.15, -0.1) is 0 Å². The third-order valence-corrected chi connectivity index (χ3v) is 2.00. The van der Waals surface area contributed by atoms with E-state index in [1.54, 1.807) is 18.3 Å². The Bertz CT molecular complexity index is 328. The van der Waals surface area contributed by atoms with Crippen LogP contribution in [0.25, 0.3) is 0 Å². The van der Waals surface area contributed by atoms with Gasteiger partial charge in [0.1, 0.15) is 0 Å². The molecule has 72 valence electrons. The number of hydrogen-bond donors (Lipinski definition) is 2. The van der Waals surface area contributed by atoms with Gasteiger partial charge in [-0.25, -0.2) is 0 Å². The van der Waals surface area contributed by atoms with Crippen LogP contribution < -0.4 is 5.56 Å². The molecule has 3 heteroatoms. The number of hydrogen-bond acceptors (Lipinski definition) is 2. The second kappa shape index (κ2) is 3.75. The van der Waals surface area contributed by atoms with E-state index in [4.69, 9.17) is 5.11 Å². The van der Waals surface area contributed by atoms with E-state index in [-0.39, 0.29) is 17.6 Å². The van der Waals surface area contributed by atoms with Crippen LogP contribution in [0.1, 0.15) is 19.4 Å². The molecule has 0 spiro atoms. The Balaban J connectivity index is 2.87. The summed E-state index contributed by atoms with van der Waals surface area (Å²) in [6.07, 6.45) is 2.21. The summed E-state index contributed by atoms with van der Waals surface area (Å²) in [5, 5.41) is 9.03. The summed E-state index contributed by atoms with van der Waals surface area (Å²) in [6, 6.07) is 3.58. The maximum absolute atomic E-state index is 11.3. The SMILES string of the molecule is CC(C)(CO)Cc1ccc[nH]c1=O. The molecule has 0 bridgehead atoms. The molecule has 2 N–H and O–H groups in total. The normalized spacial score (nSPS) is 11.6. The molecule has 3 nitrogen and oxygen atoms in total. The van der Waals surface area contributed by atoms with Crippen LogP contribution in [0, 0.1) is 5.41 Å². The fourth-order valence-corrected chi connectivity index (χ4v) is 1.17. The highest BCUT2D eigenvalue weighted by Crippen LogP contribution is 2.18. The van der Waals surface area contributed by atoms with Crippen molar-refractivity contribution in [1.82, 2.24) is 4.98 Å². The monoisotopic (exact) mass is 181 g/mol. The van der Waals surface area contributed by atoms with Crippen molar-refractivity contribution in [3.8, 4) is 0 Å². The Morgan fingerprint density at radius 1 is 1.54 bits per heavy atom. The molecular weight excluding hydrogens is 166 g/mol. The lowest BCUT2D eigenvalue weighted by molar-refractivity contribution is 0.159. The smallest absolute Gasteiger partial charge is 0.251 e. The van der Waals surface area contributed by atoms with E-state index in [1.807, 2.05) is 13.8 Å². The molecule has 0 saturated heterocycles. The first kappa shape index (κ1) is 9.99. The van der Waals surface area contributed by atoms with Crippen LogP contribution >= 0.6 is 0 Å². The van der Waals surface area contributed by atoms with Gasteiger partial charge in [-0.3, -0.25) is 4.79 Å². The van der Waals surface area contributed by atoms with Crippen molar-refractivity contribution < 1.29 is 5.11 Å². The molecule has 1 rings (SSSR count). The topological polar surface area (TPSA) is 53.1 Å². The molecule has 13 heavy (non-hydrogen) atoms. The van der Waals surface area contributed by atoms with Gasteiger partial charge in [-0.1, -0.05) is 19.9 Å². The lowest BCUT2D eigenvalue weighted by Gasteiger charge is -2.20. The molecule has 0 aliphatic rings. The number of aromatic amines is 1. The predicted octanol–water partition coefficient (Wildman–Crippen LogP) is 0.936. The molecule has 0 saturated carbocycles.